The van der Waals surface area contributed by atoms with Crippen molar-refractivity contribution in [1.82, 2.24) is 0 Å². The predicted molar refractivity (Wildman–Crippen MR) is 92.8 cm³/mol. The number of hydrogen-bond acceptors (Lipinski definition) is 3. The summed E-state index contributed by atoms with van der Waals surface area (Å²) in [6.45, 7) is 3.67. The number of rotatable bonds is 6. The van der Waals surface area contributed by atoms with Crippen LogP contribution in [0.3, 0.4) is 0 Å². The van der Waals surface area contributed by atoms with E-state index in [0.717, 1.165) is 0 Å². The van der Waals surface area contributed by atoms with Crippen molar-refractivity contribution < 1.29 is 14.3 Å². The van der Waals surface area contributed by atoms with Crippen LogP contribution in [-0.4, -0.2) is 18.6 Å². The zero-order chi connectivity index (χ0) is 16.8. The van der Waals surface area contributed by atoms with Gasteiger partial charge in [-0.1, -0.05) is 35.3 Å². The van der Waals surface area contributed by atoms with Crippen LogP contribution in [0.25, 0.3) is 0 Å². The molecule has 0 atom stereocenters. The molecular formula is C17H17Cl2NO3. The summed E-state index contributed by atoms with van der Waals surface area (Å²) >= 11 is 11.8. The van der Waals surface area contributed by atoms with Crippen LogP contribution in [-0.2, 0) is 4.79 Å². The lowest BCUT2D eigenvalue weighted by Gasteiger charge is -2.15. The van der Waals surface area contributed by atoms with Crippen LogP contribution in [0.4, 0.5) is 5.69 Å². The summed E-state index contributed by atoms with van der Waals surface area (Å²) in [6, 6.07) is 12.1. The number of benzene rings is 2. The van der Waals surface area contributed by atoms with E-state index in [2.05, 4.69) is 5.32 Å². The zero-order valence-corrected chi connectivity index (χ0v) is 14.3. The van der Waals surface area contributed by atoms with E-state index < -0.39 is 0 Å². The Kier molecular flexibility index (Phi) is 6.13. The fraction of sp³-hybridized carbons (Fsp3) is 0.235. The highest BCUT2D eigenvalue weighted by molar-refractivity contribution is 6.35. The third kappa shape index (κ3) is 5.34. The van der Waals surface area contributed by atoms with Gasteiger partial charge in [0.2, 0.25) is 0 Å². The van der Waals surface area contributed by atoms with Crippen molar-refractivity contribution in [1.29, 1.82) is 0 Å². The van der Waals surface area contributed by atoms with E-state index in [-0.39, 0.29) is 18.6 Å². The first-order valence-electron chi connectivity index (χ1n) is 7.09. The van der Waals surface area contributed by atoms with Crippen LogP contribution >= 0.6 is 23.2 Å². The standard InChI is InChI=1S/C17H17Cl2NO3/c1-11(2)23-16-6-4-3-5-14(16)20-17(21)10-22-15-8-7-12(18)9-13(15)19/h3-9,11H,10H2,1-2H3,(H,20,21). The number of halogens is 2. The largest absolute Gasteiger partial charge is 0.489 e. The molecule has 2 rings (SSSR count). The van der Waals surface area contributed by atoms with Gasteiger partial charge in [-0.2, -0.15) is 0 Å². The van der Waals surface area contributed by atoms with Gasteiger partial charge in [0.25, 0.3) is 5.91 Å². The first kappa shape index (κ1) is 17.4. The lowest BCUT2D eigenvalue weighted by molar-refractivity contribution is -0.118. The van der Waals surface area contributed by atoms with Gasteiger partial charge in [0.15, 0.2) is 6.61 Å². The monoisotopic (exact) mass is 353 g/mol. The van der Waals surface area contributed by atoms with E-state index in [4.69, 9.17) is 32.7 Å². The fourth-order valence-electron chi connectivity index (χ4n) is 1.85. The third-order valence-electron chi connectivity index (χ3n) is 2.78. The zero-order valence-electron chi connectivity index (χ0n) is 12.8. The van der Waals surface area contributed by atoms with Crippen molar-refractivity contribution in [2.24, 2.45) is 0 Å². The smallest absolute Gasteiger partial charge is 0.262 e. The Bertz CT molecular complexity index is 689. The van der Waals surface area contributed by atoms with Gasteiger partial charge in [-0.05, 0) is 44.2 Å². The molecule has 0 heterocycles. The molecule has 0 bridgehead atoms. The maximum absolute atomic E-state index is 12.0. The minimum absolute atomic E-state index is 0.0113. The molecule has 1 N–H and O–H groups in total. The highest BCUT2D eigenvalue weighted by Crippen LogP contribution is 2.28. The molecule has 0 aliphatic heterocycles. The summed E-state index contributed by atoms with van der Waals surface area (Å²) in [5.41, 5.74) is 0.594. The minimum atomic E-state index is -0.309. The van der Waals surface area contributed by atoms with Crippen molar-refractivity contribution >= 4 is 34.8 Å². The number of ether oxygens (including phenoxy) is 2. The van der Waals surface area contributed by atoms with Gasteiger partial charge in [0, 0.05) is 5.02 Å². The number of para-hydroxylation sites is 2. The molecule has 0 fully saturated rings. The first-order chi connectivity index (χ1) is 11.0. The van der Waals surface area contributed by atoms with Crippen LogP contribution in [0, 0.1) is 0 Å². The van der Waals surface area contributed by atoms with Gasteiger partial charge >= 0.3 is 0 Å². The van der Waals surface area contributed by atoms with Gasteiger partial charge in [-0.25, -0.2) is 0 Å². The van der Waals surface area contributed by atoms with Crippen molar-refractivity contribution in [2.45, 2.75) is 20.0 Å². The second-order valence-electron chi connectivity index (χ2n) is 5.07. The molecule has 4 nitrogen and oxygen atoms in total. The van der Waals surface area contributed by atoms with E-state index in [1.165, 1.54) is 0 Å². The van der Waals surface area contributed by atoms with Crippen LogP contribution in [0.2, 0.25) is 10.0 Å². The number of carbonyl (C=O) groups excluding carboxylic acids is 1. The van der Waals surface area contributed by atoms with Crippen molar-refractivity contribution in [3.63, 3.8) is 0 Å². The fourth-order valence-corrected chi connectivity index (χ4v) is 2.31. The second kappa shape index (κ2) is 8.09. The van der Waals surface area contributed by atoms with E-state index in [9.17, 15) is 4.79 Å². The molecule has 6 heteroatoms. The quantitative estimate of drug-likeness (QED) is 0.811. The average Bonchev–Trinajstić information content (AvgIpc) is 2.48. The van der Waals surface area contributed by atoms with Crippen LogP contribution in [0.1, 0.15) is 13.8 Å². The maximum atomic E-state index is 12.0. The highest BCUT2D eigenvalue weighted by Gasteiger charge is 2.10. The highest BCUT2D eigenvalue weighted by atomic mass is 35.5. The molecule has 0 saturated heterocycles. The Balaban J connectivity index is 1.97. The van der Waals surface area contributed by atoms with Crippen molar-refractivity contribution in [2.75, 3.05) is 11.9 Å². The summed E-state index contributed by atoms with van der Waals surface area (Å²) in [5.74, 6) is 0.703. The second-order valence-corrected chi connectivity index (χ2v) is 5.92. The van der Waals surface area contributed by atoms with Gasteiger partial charge < -0.3 is 14.8 Å². The molecule has 0 saturated carbocycles. The summed E-state index contributed by atoms with van der Waals surface area (Å²) in [5, 5.41) is 3.62. The van der Waals surface area contributed by atoms with Crippen LogP contribution < -0.4 is 14.8 Å². The molecular weight excluding hydrogens is 337 g/mol. The number of anilines is 1. The van der Waals surface area contributed by atoms with Gasteiger partial charge in [0.05, 0.1) is 16.8 Å². The lowest BCUT2D eigenvalue weighted by Crippen LogP contribution is -2.21. The molecule has 0 spiro atoms. The molecule has 0 aliphatic rings. The number of carbonyl (C=O) groups is 1. The Labute approximate surface area is 145 Å². The van der Waals surface area contributed by atoms with Crippen LogP contribution in [0.5, 0.6) is 11.5 Å². The first-order valence-corrected chi connectivity index (χ1v) is 7.84. The summed E-state index contributed by atoms with van der Waals surface area (Å²) in [6.07, 6.45) is 0.0113. The predicted octanol–water partition coefficient (Wildman–Crippen LogP) is 4.80. The molecule has 1 amide bonds. The van der Waals surface area contributed by atoms with E-state index >= 15 is 0 Å². The summed E-state index contributed by atoms with van der Waals surface area (Å²) in [7, 11) is 0. The maximum Gasteiger partial charge on any atom is 0.262 e. The Morgan fingerprint density at radius 3 is 2.57 bits per heavy atom. The molecule has 0 radical (unpaired) electrons. The number of amides is 1. The molecule has 23 heavy (non-hydrogen) atoms. The van der Waals surface area contributed by atoms with Crippen molar-refractivity contribution in [3.05, 3.63) is 52.5 Å². The average molecular weight is 354 g/mol. The summed E-state index contributed by atoms with van der Waals surface area (Å²) < 4.78 is 11.1. The third-order valence-corrected chi connectivity index (χ3v) is 3.31. The Hall–Kier alpha value is -1.91. The number of hydrogen-bond donors (Lipinski definition) is 1. The lowest BCUT2D eigenvalue weighted by atomic mass is 10.3. The topological polar surface area (TPSA) is 47.6 Å². The molecule has 0 aromatic heterocycles. The normalized spacial score (nSPS) is 10.5. The number of nitrogens with one attached hydrogen (secondary N) is 1. The van der Waals surface area contributed by atoms with Gasteiger partial charge in [-0.3, -0.25) is 4.79 Å². The SMILES string of the molecule is CC(C)Oc1ccccc1NC(=O)COc1ccc(Cl)cc1Cl. The Morgan fingerprint density at radius 2 is 1.87 bits per heavy atom. The van der Waals surface area contributed by atoms with Gasteiger partial charge in [-0.15, -0.1) is 0 Å². The van der Waals surface area contributed by atoms with E-state index in [1.54, 1.807) is 30.3 Å². The van der Waals surface area contributed by atoms with E-state index in [0.29, 0.717) is 27.2 Å². The van der Waals surface area contributed by atoms with Gasteiger partial charge in [0.1, 0.15) is 11.5 Å². The van der Waals surface area contributed by atoms with Crippen LogP contribution in [0.15, 0.2) is 42.5 Å². The molecule has 2 aromatic carbocycles. The molecule has 0 aliphatic carbocycles. The molecule has 0 unspecified atom stereocenters. The summed E-state index contributed by atoms with van der Waals surface area (Å²) in [4.78, 5) is 12.0. The van der Waals surface area contributed by atoms with Crippen molar-refractivity contribution in [3.8, 4) is 11.5 Å². The van der Waals surface area contributed by atoms with E-state index in [1.807, 2.05) is 26.0 Å². The Morgan fingerprint density at radius 1 is 1.13 bits per heavy atom. The molecule has 122 valence electrons. The molecule has 2 aromatic rings. The minimum Gasteiger partial charge on any atom is -0.489 e.